The van der Waals surface area contributed by atoms with Gasteiger partial charge in [0.05, 0.1) is 23.8 Å². The molecule has 3 aromatic heterocycles. The molecule has 0 atom stereocenters. The summed E-state index contributed by atoms with van der Waals surface area (Å²) in [4.78, 5) is 6.65. The van der Waals surface area contributed by atoms with E-state index >= 15 is 0 Å². The monoisotopic (exact) mass is 387 g/mol. The number of fused-ring (bicyclic) bond motifs is 1. The quantitative estimate of drug-likeness (QED) is 0.528. The van der Waals surface area contributed by atoms with Crippen LogP contribution in [0.15, 0.2) is 61.6 Å². The molecule has 0 fully saturated rings. The number of nitrogens with one attached hydrogen (secondary N) is 1. The Morgan fingerprint density at radius 3 is 2.76 bits per heavy atom. The molecule has 0 unspecified atom stereocenters. The van der Waals surface area contributed by atoms with Crippen LogP contribution >= 0.6 is 0 Å². The van der Waals surface area contributed by atoms with Crippen LogP contribution in [-0.2, 0) is 7.05 Å². The Morgan fingerprint density at radius 1 is 1.14 bits per heavy atom. The molecule has 0 amide bonds. The maximum absolute atomic E-state index is 4.80. The first-order valence-electron chi connectivity index (χ1n) is 9.53. The highest BCUT2D eigenvalue weighted by atomic mass is 15.3. The summed E-state index contributed by atoms with van der Waals surface area (Å²) < 4.78 is 3.65. The van der Waals surface area contributed by atoms with Crippen molar-refractivity contribution in [3.05, 3.63) is 67.1 Å². The van der Waals surface area contributed by atoms with Crippen molar-refractivity contribution in [2.75, 3.05) is 27.2 Å². The van der Waals surface area contributed by atoms with E-state index in [2.05, 4.69) is 59.2 Å². The van der Waals surface area contributed by atoms with E-state index in [0.29, 0.717) is 0 Å². The van der Waals surface area contributed by atoms with E-state index in [9.17, 15) is 0 Å². The Labute approximate surface area is 170 Å². The van der Waals surface area contributed by atoms with Gasteiger partial charge in [-0.1, -0.05) is 24.8 Å². The van der Waals surface area contributed by atoms with E-state index in [4.69, 9.17) is 5.10 Å². The van der Waals surface area contributed by atoms with Crippen molar-refractivity contribution in [2.24, 2.45) is 7.05 Å². The summed E-state index contributed by atoms with van der Waals surface area (Å²) in [5.74, 6) is 0. The fraction of sp³-hybridized carbons (Fsp3) is 0.227. The smallest absolute Gasteiger partial charge is 0.154 e. The topological polar surface area (TPSA) is 63.3 Å². The fourth-order valence-corrected chi connectivity index (χ4v) is 3.18. The SMILES string of the molecule is C=C(NCCN(C)C)c1cccc(-c2cnc3ccc(-c4cnn(C)c4)nn23)c1. The lowest BCUT2D eigenvalue weighted by atomic mass is 10.1. The third kappa shape index (κ3) is 4.05. The lowest BCUT2D eigenvalue weighted by molar-refractivity contribution is 0.411. The molecule has 0 spiro atoms. The number of aromatic nitrogens is 5. The second-order valence-electron chi connectivity index (χ2n) is 7.32. The molecular formula is C22H25N7. The number of aryl methyl sites for hydroxylation is 1. The summed E-state index contributed by atoms with van der Waals surface area (Å²) >= 11 is 0. The number of nitrogens with zero attached hydrogens (tertiary/aromatic N) is 6. The standard InChI is InChI=1S/C22H25N7/c1-16(23-10-11-27(2)3)17-6-5-7-18(12-17)21-14-24-22-9-8-20(26-29(21)22)19-13-25-28(4)15-19/h5-9,12-15,23H,1,10-11H2,2-4H3. The van der Waals surface area contributed by atoms with Gasteiger partial charge < -0.3 is 10.2 Å². The maximum atomic E-state index is 4.80. The summed E-state index contributed by atoms with van der Waals surface area (Å²) in [5.41, 5.74) is 6.58. The van der Waals surface area contributed by atoms with Gasteiger partial charge in [0, 0.05) is 43.2 Å². The second-order valence-corrected chi connectivity index (χ2v) is 7.32. The minimum Gasteiger partial charge on any atom is -0.384 e. The van der Waals surface area contributed by atoms with Crippen molar-refractivity contribution in [1.82, 2.24) is 34.6 Å². The molecule has 29 heavy (non-hydrogen) atoms. The summed E-state index contributed by atoms with van der Waals surface area (Å²) in [5, 5.41) is 12.4. The van der Waals surface area contributed by atoms with Crippen LogP contribution in [0.25, 0.3) is 33.9 Å². The zero-order chi connectivity index (χ0) is 20.4. The minimum atomic E-state index is 0.806. The average Bonchev–Trinajstić information content (AvgIpc) is 3.33. The number of hydrogen-bond acceptors (Lipinski definition) is 5. The highest BCUT2D eigenvalue weighted by molar-refractivity contribution is 5.71. The number of rotatable bonds is 7. The van der Waals surface area contributed by atoms with Crippen molar-refractivity contribution in [1.29, 1.82) is 0 Å². The molecule has 1 N–H and O–H groups in total. The fourth-order valence-electron chi connectivity index (χ4n) is 3.18. The molecule has 4 aromatic rings. The Morgan fingerprint density at radius 2 is 2.00 bits per heavy atom. The van der Waals surface area contributed by atoms with Crippen LogP contribution in [0.2, 0.25) is 0 Å². The first-order valence-corrected chi connectivity index (χ1v) is 9.53. The van der Waals surface area contributed by atoms with Crippen molar-refractivity contribution < 1.29 is 0 Å². The van der Waals surface area contributed by atoms with Crippen molar-refractivity contribution in [2.45, 2.75) is 0 Å². The second kappa shape index (κ2) is 7.89. The summed E-state index contributed by atoms with van der Waals surface area (Å²) in [6.45, 7) is 5.99. The number of benzene rings is 1. The zero-order valence-corrected chi connectivity index (χ0v) is 17.0. The number of imidazole rings is 1. The van der Waals surface area contributed by atoms with Crippen LogP contribution < -0.4 is 5.32 Å². The van der Waals surface area contributed by atoms with Gasteiger partial charge in [-0.25, -0.2) is 9.50 Å². The van der Waals surface area contributed by atoms with Gasteiger partial charge in [0.15, 0.2) is 5.65 Å². The first-order chi connectivity index (χ1) is 14.0. The minimum absolute atomic E-state index is 0.806. The summed E-state index contributed by atoms with van der Waals surface area (Å²) in [6.07, 6.45) is 5.63. The van der Waals surface area contributed by atoms with Gasteiger partial charge in [-0.2, -0.15) is 10.2 Å². The van der Waals surface area contributed by atoms with Gasteiger partial charge in [-0.3, -0.25) is 4.68 Å². The highest BCUT2D eigenvalue weighted by Crippen LogP contribution is 2.25. The highest BCUT2D eigenvalue weighted by Gasteiger charge is 2.11. The van der Waals surface area contributed by atoms with Crippen LogP contribution in [0.5, 0.6) is 0 Å². The van der Waals surface area contributed by atoms with E-state index in [0.717, 1.165) is 52.5 Å². The van der Waals surface area contributed by atoms with E-state index < -0.39 is 0 Å². The van der Waals surface area contributed by atoms with Crippen LogP contribution in [0.1, 0.15) is 5.56 Å². The van der Waals surface area contributed by atoms with E-state index in [1.165, 1.54) is 0 Å². The van der Waals surface area contributed by atoms with Crippen molar-refractivity contribution in [3.63, 3.8) is 0 Å². The molecule has 7 nitrogen and oxygen atoms in total. The molecule has 0 saturated carbocycles. The predicted molar refractivity (Wildman–Crippen MR) is 116 cm³/mol. The van der Waals surface area contributed by atoms with Gasteiger partial charge in [0.25, 0.3) is 0 Å². The number of likely N-dealkylation sites (N-methyl/N-ethyl adjacent to an activating group) is 1. The van der Waals surface area contributed by atoms with Gasteiger partial charge in [0.2, 0.25) is 0 Å². The number of hydrogen-bond donors (Lipinski definition) is 1. The van der Waals surface area contributed by atoms with Crippen LogP contribution in [0.3, 0.4) is 0 Å². The molecular weight excluding hydrogens is 362 g/mol. The molecule has 0 aliphatic rings. The van der Waals surface area contributed by atoms with Gasteiger partial charge in [-0.05, 0) is 37.9 Å². The van der Waals surface area contributed by atoms with Crippen LogP contribution in [0, 0.1) is 0 Å². The molecule has 0 saturated heterocycles. The van der Waals surface area contributed by atoms with Crippen LogP contribution in [0.4, 0.5) is 0 Å². The molecule has 3 heterocycles. The normalized spacial score (nSPS) is 11.3. The summed E-state index contributed by atoms with van der Waals surface area (Å²) in [7, 11) is 6.01. The Bertz CT molecular complexity index is 1150. The maximum Gasteiger partial charge on any atom is 0.154 e. The Hall–Kier alpha value is -3.45. The lowest BCUT2D eigenvalue weighted by Gasteiger charge is -2.14. The molecule has 0 aliphatic heterocycles. The van der Waals surface area contributed by atoms with Gasteiger partial charge in [0.1, 0.15) is 0 Å². The van der Waals surface area contributed by atoms with E-state index in [-0.39, 0.29) is 0 Å². The Balaban J connectivity index is 1.65. The van der Waals surface area contributed by atoms with Crippen molar-refractivity contribution in [3.8, 4) is 22.5 Å². The molecule has 1 aromatic carbocycles. The van der Waals surface area contributed by atoms with Gasteiger partial charge >= 0.3 is 0 Å². The van der Waals surface area contributed by atoms with Crippen molar-refractivity contribution >= 4 is 11.3 Å². The summed E-state index contributed by atoms with van der Waals surface area (Å²) in [6, 6.07) is 12.2. The largest absolute Gasteiger partial charge is 0.384 e. The molecule has 148 valence electrons. The molecule has 0 radical (unpaired) electrons. The molecule has 0 aliphatic carbocycles. The van der Waals surface area contributed by atoms with E-state index in [1.54, 1.807) is 4.68 Å². The molecule has 4 rings (SSSR count). The predicted octanol–water partition coefficient (Wildman–Crippen LogP) is 2.92. The zero-order valence-electron chi connectivity index (χ0n) is 17.0. The molecule has 0 bridgehead atoms. The lowest BCUT2D eigenvalue weighted by Crippen LogP contribution is -2.25. The van der Waals surface area contributed by atoms with Gasteiger partial charge in [-0.15, -0.1) is 0 Å². The third-order valence-electron chi connectivity index (χ3n) is 4.77. The van der Waals surface area contributed by atoms with Crippen LogP contribution in [-0.4, -0.2) is 56.5 Å². The average molecular weight is 387 g/mol. The van der Waals surface area contributed by atoms with E-state index in [1.807, 2.05) is 48.4 Å². The molecule has 7 heteroatoms. The first kappa shape index (κ1) is 18.9. The Kier molecular flexibility index (Phi) is 5.14. The third-order valence-corrected chi connectivity index (χ3v) is 4.77.